The topological polar surface area (TPSA) is 64.6 Å². The smallest absolute Gasteiger partial charge is 0.493 e. The summed E-state index contributed by atoms with van der Waals surface area (Å²) in [5, 5.41) is 8.96. The SMILES string of the molecule is CCc1c(OP(OCc2cccc(OC)c2OP2Oc3ccc4ccccc4c3Cc3c(ccc4ccccc34)O2)Oc2ccc3ccccc3c2)ccc2ccccc12. The molecule has 9 aromatic carbocycles. The second-order valence-corrected chi connectivity index (χ2v) is 16.5. The second kappa shape index (κ2) is 16.7. The number of hydrogen-bond acceptors (Lipinski definition) is 7. The van der Waals surface area contributed by atoms with E-state index < -0.39 is 17.2 Å². The maximum atomic E-state index is 6.82. The molecule has 0 aliphatic carbocycles. The predicted octanol–water partition coefficient (Wildman–Crippen LogP) is 14.4. The Morgan fingerprint density at radius 2 is 1.13 bits per heavy atom. The van der Waals surface area contributed by atoms with Crippen LogP contribution in [0.15, 0.2) is 170 Å². The summed E-state index contributed by atoms with van der Waals surface area (Å²) in [7, 11) is -2.41. The zero-order valence-corrected chi connectivity index (χ0v) is 34.8. The first kappa shape index (κ1) is 37.9. The molecule has 9 heteroatoms. The van der Waals surface area contributed by atoms with Crippen LogP contribution in [0, 0.1) is 0 Å². The molecule has 0 radical (unpaired) electrons. The summed E-state index contributed by atoms with van der Waals surface area (Å²) in [6, 6.07) is 57.2. The van der Waals surface area contributed by atoms with Crippen LogP contribution >= 0.6 is 17.2 Å². The van der Waals surface area contributed by atoms with E-state index in [1.54, 1.807) is 7.11 Å². The van der Waals surface area contributed by atoms with Crippen molar-refractivity contribution in [1.82, 2.24) is 0 Å². The summed E-state index contributed by atoms with van der Waals surface area (Å²) in [6.07, 6.45) is 1.40. The normalized spacial score (nSPS) is 13.1. The zero-order valence-electron chi connectivity index (χ0n) is 33.0. The Labute approximate surface area is 351 Å². The number of ether oxygens (including phenoxy) is 1. The van der Waals surface area contributed by atoms with Crippen molar-refractivity contribution in [2.45, 2.75) is 26.4 Å². The van der Waals surface area contributed by atoms with Gasteiger partial charge in [-0.15, -0.1) is 0 Å². The van der Waals surface area contributed by atoms with Gasteiger partial charge in [-0.1, -0.05) is 140 Å². The fraction of sp³-hybridized carbons (Fsp3) is 0.0980. The van der Waals surface area contributed by atoms with E-state index in [-0.39, 0.29) is 6.61 Å². The van der Waals surface area contributed by atoms with Crippen LogP contribution in [0.4, 0.5) is 0 Å². The largest absolute Gasteiger partial charge is 0.530 e. The number of hydrogen-bond donors (Lipinski definition) is 0. The van der Waals surface area contributed by atoms with Crippen molar-refractivity contribution < 1.29 is 31.9 Å². The summed E-state index contributed by atoms with van der Waals surface area (Å²) in [5.74, 6) is 3.70. The van der Waals surface area contributed by atoms with Gasteiger partial charge in [-0.05, 0) is 85.9 Å². The molecule has 60 heavy (non-hydrogen) atoms. The minimum absolute atomic E-state index is 0.0759. The van der Waals surface area contributed by atoms with Gasteiger partial charge in [0.05, 0.1) is 13.7 Å². The fourth-order valence-corrected chi connectivity index (χ4v) is 10.1. The van der Waals surface area contributed by atoms with Crippen LogP contribution in [0.1, 0.15) is 29.2 Å². The lowest BCUT2D eigenvalue weighted by atomic mass is 9.93. The first-order valence-electron chi connectivity index (χ1n) is 19.9. The molecular weight excluding hydrogens is 787 g/mol. The molecule has 10 rings (SSSR count). The van der Waals surface area contributed by atoms with Gasteiger partial charge < -0.3 is 27.4 Å². The quantitative estimate of drug-likeness (QED) is 0.120. The molecule has 0 N–H and O–H groups in total. The van der Waals surface area contributed by atoms with Crippen molar-refractivity contribution in [3.8, 4) is 34.5 Å². The van der Waals surface area contributed by atoms with Gasteiger partial charge in [0.15, 0.2) is 11.5 Å². The maximum Gasteiger partial charge on any atom is 0.530 e. The highest BCUT2D eigenvalue weighted by atomic mass is 31.2. The van der Waals surface area contributed by atoms with E-state index in [1.165, 1.54) is 0 Å². The number of rotatable bonds is 11. The van der Waals surface area contributed by atoms with E-state index >= 15 is 0 Å². The molecule has 296 valence electrons. The van der Waals surface area contributed by atoms with Crippen LogP contribution in [-0.4, -0.2) is 7.11 Å². The first-order chi connectivity index (χ1) is 29.6. The molecular formula is C51H40O7P2. The highest BCUT2D eigenvalue weighted by molar-refractivity contribution is 7.43. The average molecular weight is 827 g/mol. The summed E-state index contributed by atoms with van der Waals surface area (Å²) >= 11 is 0. The number of methoxy groups -OCH3 is 1. The Morgan fingerprint density at radius 1 is 0.550 bits per heavy atom. The lowest BCUT2D eigenvalue weighted by Crippen LogP contribution is -2.10. The lowest BCUT2D eigenvalue weighted by molar-refractivity contribution is 0.252. The summed E-state index contributed by atoms with van der Waals surface area (Å²) < 4.78 is 46.1. The van der Waals surface area contributed by atoms with E-state index in [0.717, 1.165) is 66.2 Å². The molecule has 1 heterocycles. The van der Waals surface area contributed by atoms with Crippen LogP contribution < -0.4 is 27.4 Å². The summed E-state index contributed by atoms with van der Waals surface area (Å²) in [6.45, 7) is 2.21. The van der Waals surface area contributed by atoms with Crippen molar-refractivity contribution in [3.05, 3.63) is 192 Å². The second-order valence-electron chi connectivity index (χ2n) is 14.5. The van der Waals surface area contributed by atoms with Gasteiger partial charge in [0.1, 0.15) is 23.0 Å². The molecule has 9 aromatic rings. The number of fused-ring (bicyclic) bond motifs is 8. The van der Waals surface area contributed by atoms with Crippen LogP contribution in [0.5, 0.6) is 34.5 Å². The Morgan fingerprint density at radius 3 is 1.80 bits per heavy atom. The minimum Gasteiger partial charge on any atom is -0.493 e. The van der Waals surface area contributed by atoms with Gasteiger partial charge in [-0.25, -0.2) is 0 Å². The third-order valence-electron chi connectivity index (χ3n) is 10.9. The van der Waals surface area contributed by atoms with Gasteiger partial charge in [0, 0.05) is 28.7 Å². The Hall–Kier alpha value is -6.36. The van der Waals surface area contributed by atoms with Crippen LogP contribution in [0.2, 0.25) is 0 Å². The van der Waals surface area contributed by atoms with Gasteiger partial charge in [-0.2, -0.15) is 0 Å². The molecule has 1 aliphatic rings. The molecule has 1 atom stereocenters. The monoisotopic (exact) mass is 826 g/mol. The highest BCUT2D eigenvalue weighted by Crippen LogP contribution is 2.52. The van der Waals surface area contributed by atoms with E-state index in [1.807, 2.05) is 78.9 Å². The van der Waals surface area contributed by atoms with Crippen molar-refractivity contribution >= 4 is 60.3 Å². The zero-order chi connectivity index (χ0) is 40.4. The van der Waals surface area contributed by atoms with Crippen molar-refractivity contribution in [2.75, 3.05) is 7.11 Å². The van der Waals surface area contributed by atoms with Crippen molar-refractivity contribution in [3.63, 3.8) is 0 Å². The molecule has 0 amide bonds. The number of para-hydroxylation sites is 1. The summed E-state index contributed by atoms with van der Waals surface area (Å²) in [5.41, 5.74) is 3.93. The molecule has 0 aromatic heterocycles. The molecule has 0 bridgehead atoms. The van der Waals surface area contributed by atoms with Gasteiger partial charge in [0.25, 0.3) is 0 Å². The Bertz CT molecular complexity index is 2940. The van der Waals surface area contributed by atoms with Crippen molar-refractivity contribution in [1.29, 1.82) is 0 Å². The van der Waals surface area contributed by atoms with E-state index in [0.29, 0.717) is 46.5 Å². The third-order valence-corrected chi connectivity index (χ3v) is 13.0. The minimum atomic E-state index is -2.05. The van der Waals surface area contributed by atoms with Crippen molar-refractivity contribution in [2.24, 2.45) is 0 Å². The summed E-state index contributed by atoms with van der Waals surface area (Å²) in [4.78, 5) is 0. The lowest BCUT2D eigenvalue weighted by Gasteiger charge is -2.26. The molecule has 1 unspecified atom stereocenters. The highest BCUT2D eigenvalue weighted by Gasteiger charge is 2.30. The molecule has 1 aliphatic heterocycles. The van der Waals surface area contributed by atoms with E-state index in [2.05, 4.69) is 97.9 Å². The van der Waals surface area contributed by atoms with E-state index in [4.69, 9.17) is 31.9 Å². The number of benzene rings is 9. The molecule has 7 nitrogen and oxygen atoms in total. The van der Waals surface area contributed by atoms with Gasteiger partial charge in [0.2, 0.25) is 0 Å². The molecule has 0 saturated carbocycles. The van der Waals surface area contributed by atoms with Gasteiger partial charge in [-0.3, -0.25) is 4.52 Å². The number of aryl methyl sites for hydroxylation is 1. The Kier molecular flexibility index (Phi) is 10.6. The maximum absolute atomic E-state index is 6.82. The third kappa shape index (κ3) is 7.53. The molecule has 0 saturated heterocycles. The van der Waals surface area contributed by atoms with E-state index in [9.17, 15) is 0 Å². The van der Waals surface area contributed by atoms with Crippen LogP contribution in [0.25, 0.3) is 43.1 Å². The average Bonchev–Trinajstić information content (AvgIpc) is 3.28. The predicted molar refractivity (Wildman–Crippen MR) is 243 cm³/mol. The fourth-order valence-electron chi connectivity index (χ4n) is 7.93. The Balaban J connectivity index is 1.00. The van der Waals surface area contributed by atoms with Crippen LogP contribution in [-0.2, 0) is 24.0 Å². The van der Waals surface area contributed by atoms with Crippen LogP contribution in [0.3, 0.4) is 0 Å². The molecule has 0 spiro atoms. The standard InChI is InChI=1S/C51H40O7P2/c1-3-41-42-19-9-6-14-35(42)24-28-47(41)55-59(54-40-27-23-34-13-4-5-17-38(34)31-40)53-33-39-18-12-22-50(52-2)51(39)58-60-56-48-29-25-36-15-7-10-20-43(36)45(48)32-46-44-21-11-8-16-37(44)26-30-49(46)57-60/h4-31H,3,32-33H2,1-2H3. The van der Waals surface area contributed by atoms with Gasteiger partial charge >= 0.3 is 17.2 Å². The molecule has 0 fully saturated rings. The first-order valence-corrected chi connectivity index (χ1v) is 22.1.